The first-order chi connectivity index (χ1) is 13.5. The number of aromatic nitrogens is 2. The first-order valence-corrected chi connectivity index (χ1v) is 8.55. The molecule has 0 N–H and O–H groups in total. The first-order valence-electron chi connectivity index (χ1n) is 8.55. The molecular weight excluding hydrogens is 366 g/mol. The smallest absolute Gasteiger partial charge is 0.408 e. The maximum absolute atomic E-state index is 13.4. The molecule has 0 unspecified atom stereocenters. The quantitative estimate of drug-likeness (QED) is 0.495. The molecule has 2 heterocycles. The van der Waals surface area contributed by atoms with E-state index in [0.29, 0.717) is 24.5 Å². The summed E-state index contributed by atoms with van der Waals surface area (Å²) in [6, 6.07) is 12.6. The fourth-order valence-electron chi connectivity index (χ4n) is 3.04. The number of ketones is 1. The van der Waals surface area contributed by atoms with Crippen molar-refractivity contribution < 1.29 is 18.0 Å². The highest BCUT2D eigenvalue weighted by molar-refractivity contribution is 6.10. The van der Waals surface area contributed by atoms with Gasteiger partial charge in [-0.1, -0.05) is 6.07 Å². The minimum Gasteiger partial charge on any atom is -0.408 e. The lowest BCUT2D eigenvalue weighted by molar-refractivity contribution is 0.103. The van der Waals surface area contributed by atoms with Crippen LogP contribution in [0.15, 0.2) is 70.0 Å². The lowest BCUT2D eigenvalue weighted by atomic mass is 10.0. The molecule has 0 amide bonds. The predicted octanol–water partition coefficient (Wildman–Crippen LogP) is 3.74. The molecule has 5 nitrogen and oxygen atoms in total. The van der Waals surface area contributed by atoms with Crippen molar-refractivity contribution in [3.05, 3.63) is 99.8 Å². The number of oxazole rings is 1. The molecule has 4 aromatic rings. The van der Waals surface area contributed by atoms with Crippen molar-refractivity contribution in [2.45, 2.75) is 13.0 Å². The summed E-state index contributed by atoms with van der Waals surface area (Å²) in [6.45, 7) is 0.366. The maximum Gasteiger partial charge on any atom is 0.419 e. The summed E-state index contributed by atoms with van der Waals surface area (Å²) in [5.74, 6) is -2.79. The first kappa shape index (κ1) is 17.8. The molecule has 28 heavy (non-hydrogen) atoms. The van der Waals surface area contributed by atoms with E-state index >= 15 is 0 Å². The lowest BCUT2D eigenvalue weighted by Gasteiger charge is -2.04. The molecule has 0 aliphatic carbocycles. The Bertz CT molecular complexity index is 1210. The minimum absolute atomic E-state index is 0.117. The summed E-state index contributed by atoms with van der Waals surface area (Å²) < 4.78 is 33.5. The third-order valence-electron chi connectivity index (χ3n) is 4.37. The average Bonchev–Trinajstić information content (AvgIpc) is 3.00. The van der Waals surface area contributed by atoms with Crippen molar-refractivity contribution in [3.8, 4) is 0 Å². The lowest BCUT2D eigenvalue weighted by Crippen LogP contribution is -2.15. The van der Waals surface area contributed by atoms with Crippen molar-refractivity contribution in [2.75, 3.05) is 0 Å². The minimum atomic E-state index is -0.836. The summed E-state index contributed by atoms with van der Waals surface area (Å²) >= 11 is 0. The highest BCUT2D eigenvalue weighted by Crippen LogP contribution is 2.19. The molecule has 2 aromatic heterocycles. The molecule has 0 radical (unpaired) electrons. The van der Waals surface area contributed by atoms with Gasteiger partial charge >= 0.3 is 5.76 Å². The number of benzene rings is 2. The van der Waals surface area contributed by atoms with Crippen LogP contribution in [0, 0.1) is 11.6 Å². The predicted molar refractivity (Wildman–Crippen MR) is 98.2 cm³/mol. The van der Waals surface area contributed by atoms with Gasteiger partial charge in [-0.25, -0.2) is 13.6 Å². The molecule has 0 atom stereocenters. The number of halogens is 2. The second kappa shape index (κ2) is 7.19. The van der Waals surface area contributed by atoms with E-state index in [0.717, 1.165) is 17.8 Å². The van der Waals surface area contributed by atoms with E-state index in [2.05, 4.69) is 4.98 Å². The van der Waals surface area contributed by atoms with E-state index in [-0.39, 0.29) is 16.7 Å². The zero-order valence-electron chi connectivity index (χ0n) is 14.6. The standard InChI is InChI=1S/C21H14F2N2O3/c22-15-9-14(10-16(23)12-15)20(26)13-4-5-18-19(11-13)28-21(27)25(18)8-6-17-3-1-2-7-24-17/h1-5,7,9-12H,6,8H2. The van der Waals surface area contributed by atoms with Crippen LogP contribution < -0.4 is 5.76 Å². The number of hydrogen-bond donors (Lipinski definition) is 0. The number of carbonyl (C=O) groups excluding carboxylic acids is 1. The molecule has 2 aromatic carbocycles. The van der Waals surface area contributed by atoms with Gasteiger partial charge in [-0.3, -0.25) is 14.3 Å². The second-order valence-corrected chi connectivity index (χ2v) is 6.26. The third-order valence-corrected chi connectivity index (χ3v) is 4.37. The van der Waals surface area contributed by atoms with Gasteiger partial charge in [0, 0.05) is 42.0 Å². The maximum atomic E-state index is 13.4. The van der Waals surface area contributed by atoms with Gasteiger partial charge in [0.05, 0.1) is 5.52 Å². The van der Waals surface area contributed by atoms with Crippen LogP contribution in [0.3, 0.4) is 0 Å². The van der Waals surface area contributed by atoms with E-state index in [1.807, 2.05) is 18.2 Å². The molecule has 7 heteroatoms. The SMILES string of the molecule is O=C(c1cc(F)cc(F)c1)c1ccc2c(c1)oc(=O)n2CCc1ccccn1. The molecule has 140 valence electrons. The Hall–Kier alpha value is -3.61. The molecule has 4 rings (SSSR count). The summed E-state index contributed by atoms with van der Waals surface area (Å²) in [4.78, 5) is 28.9. The number of rotatable bonds is 5. The zero-order chi connectivity index (χ0) is 19.7. The summed E-state index contributed by atoms with van der Waals surface area (Å²) in [7, 11) is 0. The summed E-state index contributed by atoms with van der Waals surface area (Å²) in [5.41, 5.74) is 1.65. The summed E-state index contributed by atoms with van der Waals surface area (Å²) in [5, 5.41) is 0. The number of pyridine rings is 1. The van der Waals surface area contributed by atoms with Crippen LogP contribution in [0.25, 0.3) is 11.1 Å². The molecule has 0 bridgehead atoms. The Labute approximate surface area is 157 Å². The molecule has 0 fully saturated rings. The van der Waals surface area contributed by atoms with Gasteiger partial charge in [0.1, 0.15) is 11.6 Å². The number of hydrogen-bond acceptors (Lipinski definition) is 4. The Balaban J connectivity index is 1.65. The van der Waals surface area contributed by atoms with E-state index in [1.165, 1.54) is 16.7 Å². The molecule has 0 aliphatic heterocycles. The number of fused-ring (bicyclic) bond motifs is 1. The zero-order valence-corrected chi connectivity index (χ0v) is 14.6. The second-order valence-electron chi connectivity index (χ2n) is 6.26. The molecular formula is C21H14F2N2O3. The van der Waals surface area contributed by atoms with Crippen molar-refractivity contribution in [2.24, 2.45) is 0 Å². The Morgan fingerprint density at radius 3 is 2.50 bits per heavy atom. The fraction of sp³-hybridized carbons (Fsp3) is 0.0952. The van der Waals surface area contributed by atoms with Gasteiger partial charge in [0.2, 0.25) is 0 Å². The van der Waals surface area contributed by atoms with Gasteiger partial charge < -0.3 is 4.42 Å². The van der Waals surface area contributed by atoms with Crippen molar-refractivity contribution in [3.63, 3.8) is 0 Å². The Morgan fingerprint density at radius 1 is 1.00 bits per heavy atom. The van der Waals surface area contributed by atoms with Gasteiger partial charge in [-0.15, -0.1) is 0 Å². The molecule has 0 saturated heterocycles. The van der Waals surface area contributed by atoms with Gasteiger partial charge in [-0.05, 0) is 42.5 Å². The highest BCUT2D eigenvalue weighted by atomic mass is 19.1. The van der Waals surface area contributed by atoms with Gasteiger partial charge in [0.15, 0.2) is 11.4 Å². The number of aryl methyl sites for hydroxylation is 2. The van der Waals surface area contributed by atoms with E-state index in [4.69, 9.17) is 4.42 Å². The summed E-state index contributed by atoms with van der Waals surface area (Å²) in [6.07, 6.45) is 2.22. The van der Waals surface area contributed by atoms with Crippen molar-refractivity contribution >= 4 is 16.9 Å². The van der Waals surface area contributed by atoms with E-state index < -0.39 is 23.2 Å². The van der Waals surface area contributed by atoms with Crippen LogP contribution >= 0.6 is 0 Å². The fourth-order valence-corrected chi connectivity index (χ4v) is 3.04. The Morgan fingerprint density at radius 2 is 1.79 bits per heavy atom. The van der Waals surface area contributed by atoms with Crippen LogP contribution in [-0.4, -0.2) is 15.3 Å². The monoisotopic (exact) mass is 380 g/mol. The normalized spacial score (nSPS) is 11.1. The topological polar surface area (TPSA) is 65.1 Å². The van der Waals surface area contributed by atoms with Crippen molar-refractivity contribution in [1.82, 2.24) is 9.55 Å². The van der Waals surface area contributed by atoms with E-state index in [9.17, 15) is 18.4 Å². The van der Waals surface area contributed by atoms with Crippen LogP contribution in [0.5, 0.6) is 0 Å². The number of nitrogens with zero attached hydrogens (tertiary/aromatic N) is 2. The Kier molecular flexibility index (Phi) is 4.57. The van der Waals surface area contributed by atoms with Crippen LogP contribution in [0.1, 0.15) is 21.6 Å². The largest absolute Gasteiger partial charge is 0.419 e. The average molecular weight is 380 g/mol. The molecule has 0 saturated carbocycles. The van der Waals surface area contributed by atoms with Crippen LogP contribution in [0.2, 0.25) is 0 Å². The van der Waals surface area contributed by atoms with Crippen LogP contribution in [-0.2, 0) is 13.0 Å². The third kappa shape index (κ3) is 3.46. The highest BCUT2D eigenvalue weighted by Gasteiger charge is 2.16. The van der Waals surface area contributed by atoms with Crippen LogP contribution in [0.4, 0.5) is 8.78 Å². The molecule has 0 spiro atoms. The molecule has 0 aliphatic rings. The number of carbonyl (C=O) groups is 1. The van der Waals surface area contributed by atoms with Gasteiger partial charge in [0.25, 0.3) is 0 Å². The van der Waals surface area contributed by atoms with Gasteiger partial charge in [-0.2, -0.15) is 0 Å². The van der Waals surface area contributed by atoms with E-state index in [1.54, 1.807) is 12.3 Å². The van der Waals surface area contributed by atoms with Crippen molar-refractivity contribution in [1.29, 1.82) is 0 Å².